The van der Waals surface area contributed by atoms with E-state index in [2.05, 4.69) is 37.4 Å². The number of rotatable bonds is 25. The van der Waals surface area contributed by atoms with Crippen molar-refractivity contribution in [2.75, 3.05) is 85.8 Å². The molecule has 242 valence electrons. The Labute approximate surface area is 256 Å². The number of hydrogen-bond donors (Lipinski definition) is 1. The maximum Gasteiger partial charge on any atom is 0.251 e. The lowest BCUT2D eigenvalue weighted by atomic mass is 10.1. The van der Waals surface area contributed by atoms with Crippen LogP contribution in [0.2, 0.25) is 0 Å². The highest BCUT2D eigenvalue weighted by Gasteiger charge is 2.12. The van der Waals surface area contributed by atoms with Gasteiger partial charge >= 0.3 is 0 Å². The van der Waals surface area contributed by atoms with Gasteiger partial charge in [-0.15, -0.1) is 0 Å². The zero-order valence-corrected chi connectivity index (χ0v) is 26.5. The van der Waals surface area contributed by atoms with Crippen molar-refractivity contribution >= 4 is 11.7 Å². The largest absolute Gasteiger partial charge is 0.377 e. The number of ketones is 1. The number of nitrogens with one attached hydrogen (secondary N) is 1. The minimum Gasteiger partial charge on any atom is -0.377 e. The molecule has 1 unspecified atom stereocenters. The van der Waals surface area contributed by atoms with Gasteiger partial charge in [-0.1, -0.05) is 39.8 Å². The highest BCUT2D eigenvalue weighted by molar-refractivity contribution is 5.94. The standard InChI is InChI=1S/C32H51N3O8/c1-25(2)30-22-34-35(23-30)27(5)28-6-8-29(9-7-28)32(37)33-10-11-38-12-13-39-14-15-40-16-17-41-18-19-42-20-21-43-24-31(36)26(3)4/h6-9,22-23,25-27H,10-21,24H2,1-5H3,(H,33,37). The van der Waals surface area contributed by atoms with Gasteiger partial charge in [0.2, 0.25) is 0 Å². The normalized spacial score (nSPS) is 12.3. The van der Waals surface area contributed by atoms with Gasteiger partial charge in [-0.25, -0.2) is 0 Å². The Balaban J connectivity index is 1.37. The third-order valence-electron chi connectivity index (χ3n) is 6.62. The molecule has 11 nitrogen and oxygen atoms in total. The van der Waals surface area contributed by atoms with Gasteiger partial charge in [-0.05, 0) is 36.1 Å². The summed E-state index contributed by atoms with van der Waals surface area (Å²) < 4.78 is 34.5. The van der Waals surface area contributed by atoms with Crippen molar-refractivity contribution in [1.29, 1.82) is 0 Å². The van der Waals surface area contributed by atoms with E-state index in [0.29, 0.717) is 90.7 Å². The summed E-state index contributed by atoms with van der Waals surface area (Å²) in [6.07, 6.45) is 3.98. The lowest BCUT2D eigenvalue weighted by Crippen LogP contribution is -2.27. The SMILES string of the molecule is CC(C)C(=O)COCCOCCOCCOCCOCCOCCNC(=O)c1ccc(C(C)n2cc(C(C)C)cn2)cc1. The number of carbonyl (C=O) groups is 2. The van der Waals surface area contributed by atoms with Crippen molar-refractivity contribution in [3.8, 4) is 0 Å². The van der Waals surface area contributed by atoms with Crippen LogP contribution in [0.1, 0.15) is 68.1 Å². The van der Waals surface area contributed by atoms with Gasteiger partial charge in [0, 0.05) is 24.2 Å². The summed E-state index contributed by atoms with van der Waals surface area (Å²) in [6, 6.07) is 7.70. The molecule has 1 heterocycles. The number of benzene rings is 1. The molecule has 1 atom stereocenters. The number of nitrogens with zero attached hydrogens (tertiary/aromatic N) is 2. The molecule has 0 aliphatic rings. The molecule has 0 saturated heterocycles. The zero-order valence-electron chi connectivity index (χ0n) is 26.5. The van der Waals surface area contributed by atoms with E-state index in [1.54, 1.807) is 0 Å². The van der Waals surface area contributed by atoms with Crippen LogP contribution in [0, 0.1) is 5.92 Å². The number of carbonyl (C=O) groups excluding carboxylic acids is 2. The fourth-order valence-electron chi connectivity index (χ4n) is 3.71. The molecule has 1 aromatic heterocycles. The van der Waals surface area contributed by atoms with Gasteiger partial charge in [0.15, 0.2) is 5.78 Å². The van der Waals surface area contributed by atoms with Gasteiger partial charge in [0.25, 0.3) is 5.91 Å². The van der Waals surface area contributed by atoms with Gasteiger partial charge in [0.1, 0.15) is 6.61 Å². The third-order valence-corrected chi connectivity index (χ3v) is 6.62. The first-order valence-corrected chi connectivity index (χ1v) is 15.2. The molecule has 0 fully saturated rings. The van der Waals surface area contributed by atoms with Gasteiger partial charge in [-0.3, -0.25) is 14.3 Å². The zero-order chi connectivity index (χ0) is 31.3. The van der Waals surface area contributed by atoms with E-state index in [-0.39, 0.29) is 30.3 Å². The van der Waals surface area contributed by atoms with Crippen LogP contribution < -0.4 is 5.32 Å². The Morgan fingerprint density at radius 2 is 1.19 bits per heavy atom. The van der Waals surface area contributed by atoms with Crippen LogP contribution in [0.25, 0.3) is 0 Å². The number of aromatic nitrogens is 2. The second kappa shape index (κ2) is 21.9. The molecular formula is C32H51N3O8. The Bertz CT molecular complexity index is 1030. The molecule has 2 rings (SSSR count). The maximum atomic E-state index is 12.4. The third kappa shape index (κ3) is 15.6. The van der Waals surface area contributed by atoms with Crippen molar-refractivity contribution in [2.45, 2.75) is 46.6 Å². The van der Waals surface area contributed by atoms with Gasteiger partial charge in [-0.2, -0.15) is 5.10 Å². The molecule has 1 amide bonds. The maximum absolute atomic E-state index is 12.4. The lowest BCUT2D eigenvalue weighted by Gasteiger charge is -2.13. The van der Waals surface area contributed by atoms with Crippen LogP contribution in [-0.4, -0.2) is 107 Å². The average molecular weight is 606 g/mol. The first-order chi connectivity index (χ1) is 20.8. The smallest absolute Gasteiger partial charge is 0.251 e. The summed E-state index contributed by atoms with van der Waals surface area (Å²) >= 11 is 0. The summed E-state index contributed by atoms with van der Waals surface area (Å²) in [6.45, 7) is 15.6. The Hall–Kier alpha value is -2.67. The summed E-state index contributed by atoms with van der Waals surface area (Å²) in [4.78, 5) is 23.9. The molecule has 0 radical (unpaired) electrons. The summed E-state index contributed by atoms with van der Waals surface area (Å²) in [5.74, 6) is 0.393. The number of amides is 1. The van der Waals surface area contributed by atoms with E-state index < -0.39 is 0 Å². The molecular weight excluding hydrogens is 554 g/mol. The number of hydrogen-bond acceptors (Lipinski definition) is 9. The van der Waals surface area contributed by atoms with Crippen molar-refractivity contribution < 1.29 is 38.0 Å². The molecule has 43 heavy (non-hydrogen) atoms. The topological polar surface area (TPSA) is 119 Å². The Morgan fingerprint density at radius 3 is 1.65 bits per heavy atom. The highest BCUT2D eigenvalue weighted by atomic mass is 16.6. The number of Topliss-reactive ketones (excluding diaryl/α,β-unsaturated/α-hetero) is 1. The van der Waals surface area contributed by atoms with E-state index in [4.69, 9.17) is 28.4 Å². The van der Waals surface area contributed by atoms with E-state index >= 15 is 0 Å². The molecule has 0 aliphatic carbocycles. The molecule has 1 aromatic carbocycles. The molecule has 0 saturated carbocycles. The van der Waals surface area contributed by atoms with Crippen molar-refractivity contribution in [1.82, 2.24) is 15.1 Å². The monoisotopic (exact) mass is 605 g/mol. The van der Waals surface area contributed by atoms with Crippen LogP contribution in [0.15, 0.2) is 36.7 Å². The predicted molar refractivity (Wildman–Crippen MR) is 164 cm³/mol. The summed E-state index contributed by atoms with van der Waals surface area (Å²) in [5, 5.41) is 7.36. The van der Waals surface area contributed by atoms with E-state index in [1.165, 1.54) is 5.56 Å². The van der Waals surface area contributed by atoms with Crippen LogP contribution >= 0.6 is 0 Å². The van der Waals surface area contributed by atoms with E-state index in [9.17, 15) is 9.59 Å². The summed E-state index contributed by atoms with van der Waals surface area (Å²) in [5.41, 5.74) is 2.91. The van der Waals surface area contributed by atoms with E-state index in [1.807, 2.05) is 49.0 Å². The second-order valence-corrected chi connectivity index (χ2v) is 10.7. The van der Waals surface area contributed by atoms with Gasteiger partial charge in [0.05, 0.1) is 84.9 Å². The van der Waals surface area contributed by atoms with Crippen LogP contribution in [0.3, 0.4) is 0 Å². The van der Waals surface area contributed by atoms with E-state index in [0.717, 1.165) is 5.56 Å². The van der Waals surface area contributed by atoms with Crippen LogP contribution in [-0.2, 0) is 33.2 Å². The molecule has 2 aromatic rings. The summed E-state index contributed by atoms with van der Waals surface area (Å²) in [7, 11) is 0. The Kier molecular flexibility index (Phi) is 18.6. The fraction of sp³-hybridized carbons (Fsp3) is 0.656. The number of ether oxygens (including phenoxy) is 6. The van der Waals surface area contributed by atoms with Crippen LogP contribution in [0.4, 0.5) is 0 Å². The quantitative estimate of drug-likeness (QED) is 0.169. The fourth-order valence-corrected chi connectivity index (χ4v) is 3.71. The predicted octanol–water partition coefficient (Wildman–Crippen LogP) is 3.67. The van der Waals surface area contributed by atoms with Crippen molar-refractivity contribution in [2.24, 2.45) is 5.92 Å². The molecule has 11 heteroatoms. The first kappa shape index (κ1) is 36.5. The minimum absolute atomic E-state index is 0.00650. The van der Waals surface area contributed by atoms with Crippen LogP contribution in [0.5, 0.6) is 0 Å². The van der Waals surface area contributed by atoms with Crippen molar-refractivity contribution in [3.05, 3.63) is 53.3 Å². The second-order valence-electron chi connectivity index (χ2n) is 10.7. The Morgan fingerprint density at radius 1 is 0.698 bits per heavy atom. The highest BCUT2D eigenvalue weighted by Crippen LogP contribution is 2.21. The minimum atomic E-state index is -0.130. The molecule has 1 N–H and O–H groups in total. The molecule has 0 spiro atoms. The van der Waals surface area contributed by atoms with Gasteiger partial charge < -0.3 is 33.7 Å². The lowest BCUT2D eigenvalue weighted by molar-refractivity contribution is -0.127. The average Bonchev–Trinajstić information content (AvgIpc) is 3.50. The van der Waals surface area contributed by atoms with Crippen molar-refractivity contribution in [3.63, 3.8) is 0 Å². The molecule has 0 bridgehead atoms. The first-order valence-electron chi connectivity index (χ1n) is 15.2. The molecule has 0 aliphatic heterocycles.